The molecule has 0 radical (unpaired) electrons. The first-order valence-corrected chi connectivity index (χ1v) is 11.4. The van der Waals surface area contributed by atoms with Gasteiger partial charge in [-0.1, -0.05) is 68.8 Å². The number of fused-ring (bicyclic) bond motifs is 1. The highest BCUT2D eigenvalue weighted by atomic mass is 35.5. The summed E-state index contributed by atoms with van der Waals surface area (Å²) in [5, 5.41) is 9.55. The average molecular weight is 405 g/mol. The van der Waals surface area contributed by atoms with Crippen molar-refractivity contribution >= 4 is 17.7 Å². The van der Waals surface area contributed by atoms with Gasteiger partial charge in [-0.25, -0.2) is 4.98 Å². The van der Waals surface area contributed by atoms with E-state index in [4.69, 9.17) is 21.8 Å². The predicted molar refractivity (Wildman–Crippen MR) is 121 cm³/mol. The molecule has 4 rings (SSSR count). The molecule has 1 fully saturated rings. The van der Waals surface area contributed by atoms with Crippen LogP contribution in [0.15, 0.2) is 36.4 Å². The van der Waals surface area contributed by atoms with Crippen LogP contribution in [0, 0.1) is 29.1 Å². The van der Waals surface area contributed by atoms with Crippen molar-refractivity contribution in [2.24, 2.45) is 17.8 Å². The molecule has 0 amide bonds. The molecule has 3 heteroatoms. The Morgan fingerprint density at radius 3 is 2.48 bits per heavy atom. The van der Waals surface area contributed by atoms with Crippen LogP contribution in [-0.2, 0) is 6.42 Å². The van der Waals surface area contributed by atoms with E-state index in [-0.39, 0.29) is 0 Å². The molecule has 1 heterocycles. The van der Waals surface area contributed by atoms with Gasteiger partial charge in [0.15, 0.2) is 0 Å². The van der Waals surface area contributed by atoms with Crippen molar-refractivity contribution in [3.8, 4) is 17.2 Å². The minimum atomic E-state index is 0.537. The molecule has 0 saturated heterocycles. The lowest BCUT2D eigenvalue weighted by Gasteiger charge is -2.29. The van der Waals surface area contributed by atoms with Crippen LogP contribution < -0.4 is 0 Å². The molecule has 1 unspecified atom stereocenters. The van der Waals surface area contributed by atoms with Gasteiger partial charge in [-0.2, -0.15) is 5.26 Å². The maximum Gasteiger partial charge on any atom is 0.137 e. The summed E-state index contributed by atoms with van der Waals surface area (Å²) >= 11 is 6.53. The number of nitriles is 1. The van der Waals surface area contributed by atoms with Crippen LogP contribution in [0.2, 0.25) is 5.15 Å². The number of rotatable bonds is 4. The molecule has 1 aromatic heterocycles. The summed E-state index contributed by atoms with van der Waals surface area (Å²) in [4.78, 5) is 4.71. The highest BCUT2D eigenvalue weighted by molar-refractivity contribution is 6.32. The molecule has 2 nitrogen and oxygen atoms in total. The molecule has 0 bridgehead atoms. The van der Waals surface area contributed by atoms with Gasteiger partial charge < -0.3 is 0 Å². The number of pyridine rings is 1. The number of halogens is 1. The van der Waals surface area contributed by atoms with Crippen molar-refractivity contribution in [3.05, 3.63) is 58.4 Å². The number of hydrogen-bond acceptors (Lipinski definition) is 2. The number of allylic oxidation sites excluding steroid dienone is 1. The summed E-state index contributed by atoms with van der Waals surface area (Å²) in [6.07, 6.45) is 15.1. The van der Waals surface area contributed by atoms with Crippen molar-refractivity contribution in [1.29, 1.82) is 5.26 Å². The van der Waals surface area contributed by atoms with Crippen LogP contribution in [-0.4, -0.2) is 4.98 Å². The highest BCUT2D eigenvalue weighted by Crippen LogP contribution is 2.37. The normalized spacial score (nSPS) is 23.8. The largest absolute Gasteiger partial charge is 0.236 e. The Bertz CT molecular complexity index is 915. The van der Waals surface area contributed by atoms with Crippen molar-refractivity contribution in [1.82, 2.24) is 4.98 Å². The quantitative estimate of drug-likeness (QED) is 0.496. The van der Waals surface area contributed by atoms with E-state index in [9.17, 15) is 0 Å². The van der Waals surface area contributed by atoms with Gasteiger partial charge in [0, 0.05) is 5.56 Å². The van der Waals surface area contributed by atoms with Gasteiger partial charge in [-0.05, 0) is 72.4 Å². The molecular weight excluding hydrogens is 376 g/mol. The molecule has 1 aromatic carbocycles. The second-order valence-electron chi connectivity index (χ2n) is 8.75. The van der Waals surface area contributed by atoms with Crippen LogP contribution in [0.4, 0.5) is 0 Å². The summed E-state index contributed by atoms with van der Waals surface area (Å²) in [6.45, 7) is 2.33. The standard InChI is InChI=1S/C26H29ClN2/c1-2-18-3-5-19(6-4-18)15-20-7-13-23-16-24(26(27)29-25(23)14-10-20)22-11-8-21(17-28)9-12-22/h8-12,14,16,18-20H,2-7,13,15H2,1H3. The lowest BCUT2D eigenvalue weighted by atomic mass is 9.76. The van der Waals surface area contributed by atoms with Crippen LogP contribution in [0.25, 0.3) is 17.2 Å². The fraction of sp³-hybridized carbons (Fsp3) is 0.462. The average Bonchev–Trinajstić information content (AvgIpc) is 2.96. The maximum absolute atomic E-state index is 9.01. The number of aromatic nitrogens is 1. The predicted octanol–water partition coefficient (Wildman–Crippen LogP) is 7.46. The van der Waals surface area contributed by atoms with Crippen molar-refractivity contribution in [2.75, 3.05) is 0 Å². The van der Waals surface area contributed by atoms with Crippen molar-refractivity contribution in [2.45, 2.75) is 58.3 Å². The van der Waals surface area contributed by atoms with E-state index in [1.165, 1.54) is 50.5 Å². The van der Waals surface area contributed by atoms with Crippen LogP contribution in [0.5, 0.6) is 0 Å². The monoisotopic (exact) mass is 404 g/mol. The van der Waals surface area contributed by atoms with Gasteiger partial charge in [0.05, 0.1) is 17.3 Å². The third-order valence-electron chi connectivity index (χ3n) is 6.90. The fourth-order valence-corrected chi connectivity index (χ4v) is 5.24. The van der Waals surface area contributed by atoms with Crippen LogP contribution in [0.3, 0.4) is 0 Å². The molecule has 1 saturated carbocycles. The Hall–Kier alpha value is -2.11. The van der Waals surface area contributed by atoms with Gasteiger partial charge in [-0.15, -0.1) is 0 Å². The zero-order valence-electron chi connectivity index (χ0n) is 17.2. The summed E-state index contributed by atoms with van der Waals surface area (Å²) in [5.41, 5.74) is 4.93. The minimum Gasteiger partial charge on any atom is -0.236 e. The van der Waals surface area contributed by atoms with Crippen LogP contribution >= 0.6 is 11.6 Å². The Balaban J connectivity index is 1.46. The van der Waals surface area contributed by atoms with Crippen LogP contribution in [0.1, 0.15) is 68.7 Å². The van der Waals surface area contributed by atoms with E-state index >= 15 is 0 Å². The van der Waals surface area contributed by atoms with E-state index in [1.807, 2.05) is 24.3 Å². The number of aryl methyl sites for hydroxylation is 1. The molecule has 150 valence electrons. The maximum atomic E-state index is 9.01. The number of nitrogens with zero attached hydrogens (tertiary/aromatic N) is 2. The first-order valence-electron chi connectivity index (χ1n) is 11.0. The lowest BCUT2D eigenvalue weighted by molar-refractivity contribution is 0.240. The van der Waals surface area contributed by atoms with Crippen molar-refractivity contribution < 1.29 is 0 Å². The zero-order chi connectivity index (χ0) is 20.2. The molecular formula is C26H29ClN2. The number of hydrogen-bond donors (Lipinski definition) is 0. The topological polar surface area (TPSA) is 36.7 Å². The summed E-state index contributed by atoms with van der Waals surface area (Å²) in [7, 11) is 0. The zero-order valence-corrected chi connectivity index (χ0v) is 18.0. The third-order valence-corrected chi connectivity index (χ3v) is 7.19. The van der Waals surface area contributed by atoms with E-state index in [1.54, 1.807) is 0 Å². The van der Waals surface area contributed by atoms with E-state index in [0.29, 0.717) is 16.6 Å². The Morgan fingerprint density at radius 1 is 1.07 bits per heavy atom. The molecule has 2 aliphatic rings. The Kier molecular flexibility index (Phi) is 6.36. The molecule has 0 N–H and O–H groups in total. The second-order valence-corrected chi connectivity index (χ2v) is 9.11. The fourth-order valence-electron chi connectivity index (χ4n) is 4.98. The van der Waals surface area contributed by atoms with Gasteiger partial charge in [0.1, 0.15) is 5.15 Å². The molecule has 2 aromatic rings. The summed E-state index contributed by atoms with van der Waals surface area (Å²) in [5.74, 6) is 2.50. The van der Waals surface area contributed by atoms with Gasteiger partial charge in [0.25, 0.3) is 0 Å². The molecule has 2 aliphatic carbocycles. The molecule has 1 atom stereocenters. The molecule has 29 heavy (non-hydrogen) atoms. The molecule has 0 aliphatic heterocycles. The SMILES string of the molecule is CCC1CCC(CC2C=Cc3nc(Cl)c(-c4ccc(C#N)cc4)cc3CC2)CC1. The lowest BCUT2D eigenvalue weighted by Crippen LogP contribution is -2.16. The Labute approximate surface area is 179 Å². The van der Waals surface area contributed by atoms with Gasteiger partial charge in [0.2, 0.25) is 0 Å². The highest BCUT2D eigenvalue weighted by Gasteiger charge is 2.23. The Morgan fingerprint density at radius 2 is 1.79 bits per heavy atom. The van der Waals surface area contributed by atoms with Crippen molar-refractivity contribution in [3.63, 3.8) is 0 Å². The van der Waals surface area contributed by atoms with E-state index in [2.05, 4.69) is 31.2 Å². The smallest absolute Gasteiger partial charge is 0.137 e. The minimum absolute atomic E-state index is 0.537. The van der Waals surface area contributed by atoms with E-state index < -0.39 is 0 Å². The third kappa shape index (κ3) is 4.73. The second kappa shape index (κ2) is 9.14. The van der Waals surface area contributed by atoms with Gasteiger partial charge in [-0.3, -0.25) is 0 Å². The number of benzene rings is 1. The summed E-state index contributed by atoms with van der Waals surface area (Å²) < 4.78 is 0. The van der Waals surface area contributed by atoms with E-state index in [0.717, 1.165) is 35.1 Å². The first kappa shape index (κ1) is 20.2. The summed E-state index contributed by atoms with van der Waals surface area (Å²) in [6, 6.07) is 11.9. The molecule has 0 spiro atoms. The van der Waals surface area contributed by atoms with Gasteiger partial charge >= 0.3 is 0 Å². The first-order chi connectivity index (χ1) is 14.2.